The first-order chi connectivity index (χ1) is 4.61. The molecular weight excluding hydrogens is 131 g/mol. The first kappa shape index (κ1) is 6.99. The molecule has 1 rings (SSSR count). The smallest absolute Gasteiger partial charge is 0.217 e. The number of hydrogen-bond donors (Lipinski definition) is 1. The molecule has 54 valence electrons. The van der Waals surface area contributed by atoms with Crippen molar-refractivity contribution in [2.45, 2.75) is 13.8 Å². The third-order valence-electron chi connectivity index (χ3n) is 1.38. The van der Waals surface area contributed by atoms with Crippen molar-refractivity contribution in [3.05, 3.63) is 23.1 Å². The zero-order valence-corrected chi connectivity index (χ0v) is 5.98. The molecule has 0 saturated heterocycles. The van der Waals surface area contributed by atoms with Crippen LogP contribution in [0, 0.1) is 19.8 Å². The predicted molar refractivity (Wildman–Crippen MR) is 38.1 cm³/mol. The van der Waals surface area contributed by atoms with Gasteiger partial charge in [0.1, 0.15) is 5.82 Å². The number of pyridine rings is 1. The van der Waals surface area contributed by atoms with E-state index < -0.39 is 5.95 Å². The van der Waals surface area contributed by atoms with Crippen molar-refractivity contribution < 1.29 is 4.39 Å². The fraction of sp³-hybridized carbons (Fsp3) is 0.286. The number of aryl methyl sites for hydroxylation is 2. The van der Waals surface area contributed by atoms with E-state index in [9.17, 15) is 4.39 Å². The lowest BCUT2D eigenvalue weighted by Gasteiger charge is -1.99. The van der Waals surface area contributed by atoms with E-state index in [0.717, 1.165) is 5.56 Å². The number of nitrogens with zero attached hydrogens (tertiary/aromatic N) is 1. The monoisotopic (exact) mass is 140 g/mol. The lowest BCUT2D eigenvalue weighted by atomic mass is 10.2. The van der Waals surface area contributed by atoms with E-state index in [1.165, 1.54) is 0 Å². The number of rotatable bonds is 0. The lowest BCUT2D eigenvalue weighted by Crippen LogP contribution is -1.98. The summed E-state index contributed by atoms with van der Waals surface area (Å²) >= 11 is 0. The summed E-state index contributed by atoms with van der Waals surface area (Å²) in [4.78, 5) is 3.48. The summed E-state index contributed by atoms with van der Waals surface area (Å²) < 4.78 is 12.6. The molecule has 3 heteroatoms. The van der Waals surface area contributed by atoms with Gasteiger partial charge in [-0.1, -0.05) is 0 Å². The molecule has 1 aromatic rings. The van der Waals surface area contributed by atoms with Crippen LogP contribution in [0.25, 0.3) is 0 Å². The summed E-state index contributed by atoms with van der Waals surface area (Å²) in [6, 6.07) is 1.68. The largest absolute Gasteiger partial charge is 0.383 e. The molecule has 0 fully saturated rings. The van der Waals surface area contributed by atoms with Gasteiger partial charge >= 0.3 is 0 Å². The van der Waals surface area contributed by atoms with Gasteiger partial charge in [-0.25, -0.2) is 4.98 Å². The van der Waals surface area contributed by atoms with E-state index in [0.29, 0.717) is 5.56 Å². The van der Waals surface area contributed by atoms with Gasteiger partial charge in [0.05, 0.1) is 0 Å². The fourth-order valence-electron chi connectivity index (χ4n) is 0.740. The third kappa shape index (κ3) is 1.07. The number of hydrogen-bond acceptors (Lipinski definition) is 2. The van der Waals surface area contributed by atoms with E-state index >= 15 is 0 Å². The molecule has 0 saturated carbocycles. The Kier molecular flexibility index (Phi) is 1.57. The van der Waals surface area contributed by atoms with Crippen LogP contribution in [0.2, 0.25) is 0 Å². The van der Waals surface area contributed by atoms with E-state index in [2.05, 4.69) is 4.98 Å². The molecule has 0 aromatic carbocycles. The average molecular weight is 140 g/mol. The maximum Gasteiger partial charge on any atom is 0.217 e. The Hall–Kier alpha value is -1.12. The second-order valence-electron chi connectivity index (χ2n) is 2.30. The van der Waals surface area contributed by atoms with Gasteiger partial charge in [0.2, 0.25) is 5.95 Å². The van der Waals surface area contributed by atoms with Crippen LogP contribution in [0.15, 0.2) is 6.07 Å². The van der Waals surface area contributed by atoms with Crippen molar-refractivity contribution in [2.75, 3.05) is 5.73 Å². The minimum atomic E-state index is -0.483. The van der Waals surface area contributed by atoms with E-state index in [4.69, 9.17) is 5.73 Å². The Morgan fingerprint density at radius 3 is 2.50 bits per heavy atom. The molecule has 10 heavy (non-hydrogen) atoms. The topological polar surface area (TPSA) is 38.9 Å². The van der Waals surface area contributed by atoms with E-state index in [1.54, 1.807) is 19.9 Å². The van der Waals surface area contributed by atoms with Gasteiger partial charge in [-0.15, -0.1) is 0 Å². The molecule has 1 aromatic heterocycles. The Morgan fingerprint density at radius 1 is 1.40 bits per heavy atom. The molecule has 2 nitrogen and oxygen atoms in total. The predicted octanol–water partition coefficient (Wildman–Crippen LogP) is 1.42. The number of nitrogens with two attached hydrogens (primary N) is 1. The number of aromatic nitrogens is 1. The van der Waals surface area contributed by atoms with Crippen molar-refractivity contribution in [1.29, 1.82) is 0 Å². The third-order valence-corrected chi connectivity index (χ3v) is 1.38. The average Bonchev–Trinajstić information content (AvgIpc) is 1.84. The zero-order chi connectivity index (χ0) is 7.72. The quantitative estimate of drug-likeness (QED) is 0.553. The highest BCUT2D eigenvalue weighted by atomic mass is 19.1. The second-order valence-corrected chi connectivity index (χ2v) is 2.30. The van der Waals surface area contributed by atoms with Gasteiger partial charge in [0.15, 0.2) is 0 Å². The summed E-state index contributed by atoms with van der Waals surface area (Å²) in [6.45, 7) is 3.46. The summed E-state index contributed by atoms with van der Waals surface area (Å²) in [5.74, 6) is -0.216. The zero-order valence-electron chi connectivity index (χ0n) is 5.98. The summed E-state index contributed by atoms with van der Waals surface area (Å²) in [5, 5.41) is 0. The molecule has 0 bridgehead atoms. The summed E-state index contributed by atoms with van der Waals surface area (Å²) in [7, 11) is 0. The van der Waals surface area contributed by atoms with Crippen LogP contribution in [0.4, 0.5) is 10.2 Å². The maximum atomic E-state index is 12.6. The Bertz CT molecular complexity index is 208. The van der Waals surface area contributed by atoms with Crippen LogP contribution in [0.5, 0.6) is 0 Å². The number of halogens is 1. The van der Waals surface area contributed by atoms with Gasteiger partial charge in [-0.3, -0.25) is 0 Å². The van der Waals surface area contributed by atoms with Crippen LogP contribution in [0.3, 0.4) is 0 Å². The molecule has 0 aliphatic carbocycles. The van der Waals surface area contributed by atoms with Gasteiger partial charge in [-0.05, 0) is 25.5 Å². The van der Waals surface area contributed by atoms with Crippen molar-refractivity contribution in [2.24, 2.45) is 0 Å². The fourth-order valence-corrected chi connectivity index (χ4v) is 0.740. The highest BCUT2D eigenvalue weighted by Crippen LogP contribution is 2.11. The molecule has 0 unspecified atom stereocenters. The molecule has 2 N–H and O–H groups in total. The van der Waals surface area contributed by atoms with Crippen LogP contribution in [-0.4, -0.2) is 4.98 Å². The van der Waals surface area contributed by atoms with E-state index in [-0.39, 0.29) is 5.82 Å². The Labute approximate surface area is 58.9 Å². The molecule has 0 atom stereocenters. The normalized spacial score (nSPS) is 9.90. The highest BCUT2D eigenvalue weighted by Gasteiger charge is 2.00. The van der Waals surface area contributed by atoms with Crippen molar-refractivity contribution >= 4 is 5.82 Å². The summed E-state index contributed by atoms with van der Waals surface area (Å²) in [6.07, 6.45) is 0. The van der Waals surface area contributed by atoms with Gasteiger partial charge < -0.3 is 5.73 Å². The Morgan fingerprint density at radius 2 is 2.00 bits per heavy atom. The van der Waals surface area contributed by atoms with Crippen molar-refractivity contribution in [3.8, 4) is 0 Å². The van der Waals surface area contributed by atoms with Crippen LogP contribution in [0.1, 0.15) is 11.1 Å². The molecular formula is C7H9FN2. The minimum Gasteiger partial charge on any atom is -0.383 e. The molecule has 1 heterocycles. The van der Waals surface area contributed by atoms with Crippen molar-refractivity contribution in [1.82, 2.24) is 4.98 Å². The lowest BCUT2D eigenvalue weighted by molar-refractivity contribution is 0.576. The highest BCUT2D eigenvalue weighted by molar-refractivity contribution is 5.39. The molecule has 0 amide bonds. The van der Waals surface area contributed by atoms with E-state index in [1.807, 2.05) is 0 Å². The molecule has 0 spiro atoms. The second kappa shape index (κ2) is 2.25. The van der Waals surface area contributed by atoms with Crippen LogP contribution >= 0.6 is 0 Å². The van der Waals surface area contributed by atoms with Crippen molar-refractivity contribution in [3.63, 3.8) is 0 Å². The number of anilines is 1. The van der Waals surface area contributed by atoms with Gasteiger partial charge in [0, 0.05) is 5.56 Å². The van der Waals surface area contributed by atoms with Gasteiger partial charge in [-0.2, -0.15) is 4.39 Å². The summed E-state index contributed by atoms with van der Waals surface area (Å²) in [5.41, 5.74) is 6.69. The number of nitrogen functional groups attached to an aromatic ring is 1. The Balaban J connectivity index is 3.28. The molecule has 0 aliphatic rings. The molecule has 0 radical (unpaired) electrons. The first-order valence-electron chi connectivity index (χ1n) is 3.00. The standard InChI is InChI=1S/C7H9FN2/c1-4-3-5(2)7(9)10-6(4)8/h3H,1-2H3,(H2,9,10). The van der Waals surface area contributed by atoms with Crippen LogP contribution in [-0.2, 0) is 0 Å². The maximum absolute atomic E-state index is 12.6. The molecule has 0 aliphatic heterocycles. The van der Waals surface area contributed by atoms with Crippen LogP contribution < -0.4 is 5.73 Å². The minimum absolute atomic E-state index is 0.267. The first-order valence-corrected chi connectivity index (χ1v) is 3.00. The SMILES string of the molecule is Cc1cc(C)c(F)nc1N. The van der Waals surface area contributed by atoms with Gasteiger partial charge in [0.25, 0.3) is 0 Å².